The first kappa shape index (κ1) is 12.4. The van der Waals surface area contributed by atoms with Crippen LogP contribution in [0, 0.1) is 0 Å². The van der Waals surface area contributed by atoms with Crippen molar-refractivity contribution in [1.29, 1.82) is 0 Å². The van der Waals surface area contributed by atoms with Crippen molar-refractivity contribution in [3.63, 3.8) is 0 Å². The van der Waals surface area contributed by atoms with E-state index >= 15 is 0 Å². The Morgan fingerprint density at radius 3 is 2.74 bits per heavy atom. The number of benzene rings is 2. The molecule has 19 heavy (non-hydrogen) atoms. The summed E-state index contributed by atoms with van der Waals surface area (Å²) in [7, 11) is 0. The van der Waals surface area contributed by atoms with Crippen LogP contribution in [0.15, 0.2) is 48.5 Å². The molecule has 1 heterocycles. The Morgan fingerprint density at radius 2 is 1.89 bits per heavy atom. The average molecular weight is 316 g/mol. The zero-order chi connectivity index (χ0) is 13.1. The topological polar surface area (TPSA) is 37.8 Å². The van der Waals surface area contributed by atoms with E-state index in [0.29, 0.717) is 5.92 Å². The monoisotopic (exact) mass is 317 g/mol. The number of aromatic nitrogens is 2. The van der Waals surface area contributed by atoms with Gasteiger partial charge in [0.15, 0.2) is 0 Å². The molecule has 3 nitrogen and oxygen atoms in total. The molecule has 4 heteroatoms. The van der Waals surface area contributed by atoms with Gasteiger partial charge in [0.2, 0.25) is 0 Å². The molecular formula is C15H15N3Se. The van der Waals surface area contributed by atoms with E-state index in [2.05, 4.69) is 56.6 Å². The van der Waals surface area contributed by atoms with Gasteiger partial charge in [0.1, 0.15) is 0 Å². The molecule has 0 aliphatic carbocycles. The van der Waals surface area contributed by atoms with Gasteiger partial charge in [0, 0.05) is 0 Å². The third-order valence-electron chi connectivity index (χ3n) is 3.25. The number of rotatable bonds is 4. The quantitative estimate of drug-likeness (QED) is 0.752. The van der Waals surface area contributed by atoms with E-state index in [9.17, 15) is 0 Å². The Hall–Kier alpha value is -1.64. The molecule has 1 aromatic heterocycles. The van der Waals surface area contributed by atoms with Crippen LogP contribution in [0.3, 0.4) is 0 Å². The molecule has 0 bridgehead atoms. The molecule has 2 aromatic carbocycles. The summed E-state index contributed by atoms with van der Waals surface area (Å²) in [6, 6.07) is 16.7. The van der Waals surface area contributed by atoms with Crippen LogP contribution < -0.4 is 5.32 Å². The van der Waals surface area contributed by atoms with Crippen molar-refractivity contribution < 1.29 is 0 Å². The molecule has 0 saturated carbocycles. The van der Waals surface area contributed by atoms with Gasteiger partial charge in [0.25, 0.3) is 0 Å². The van der Waals surface area contributed by atoms with E-state index in [0.717, 1.165) is 23.3 Å². The zero-order valence-corrected chi connectivity index (χ0v) is 12.4. The van der Waals surface area contributed by atoms with Gasteiger partial charge in [-0.3, -0.25) is 0 Å². The van der Waals surface area contributed by atoms with E-state index in [1.54, 1.807) is 0 Å². The van der Waals surface area contributed by atoms with Crippen molar-refractivity contribution >= 4 is 31.7 Å². The molecule has 1 atom stereocenters. The Morgan fingerprint density at radius 1 is 1.05 bits per heavy atom. The van der Waals surface area contributed by atoms with Gasteiger partial charge in [-0.15, -0.1) is 0 Å². The van der Waals surface area contributed by atoms with Crippen molar-refractivity contribution in [2.75, 3.05) is 11.9 Å². The number of anilines is 1. The maximum absolute atomic E-state index is 4.48. The van der Waals surface area contributed by atoms with E-state index in [1.165, 1.54) is 5.56 Å². The van der Waals surface area contributed by atoms with Gasteiger partial charge in [-0.05, 0) is 0 Å². The summed E-state index contributed by atoms with van der Waals surface area (Å²) in [6.07, 6.45) is 0. The summed E-state index contributed by atoms with van der Waals surface area (Å²) >= 11 is 0.0329. The summed E-state index contributed by atoms with van der Waals surface area (Å²) in [5, 5.41) is 3.50. The van der Waals surface area contributed by atoms with Crippen LogP contribution >= 0.6 is 0 Å². The molecule has 0 spiro atoms. The summed E-state index contributed by atoms with van der Waals surface area (Å²) in [5.74, 6) is 0.473. The molecular weight excluding hydrogens is 301 g/mol. The first-order chi connectivity index (χ1) is 9.34. The van der Waals surface area contributed by atoms with Crippen molar-refractivity contribution in [2.24, 2.45) is 0 Å². The van der Waals surface area contributed by atoms with Crippen LogP contribution in [0.25, 0.3) is 11.0 Å². The normalized spacial score (nSPS) is 12.5. The van der Waals surface area contributed by atoms with Crippen LogP contribution in [0.2, 0.25) is 0 Å². The van der Waals surface area contributed by atoms with Crippen molar-refractivity contribution in [1.82, 2.24) is 7.96 Å². The second-order valence-corrected chi connectivity index (χ2v) is 5.74. The summed E-state index contributed by atoms with van der Waals surface area (Å²) in [6.45, 7) is 3.14. The van der Waals surface area contributed by atoms with Gasteiger partial charge >= 0.3 is 118 Å². The molecule has 0 fully saturated rings. The predicted molar refractivity (Wildman–Crippen MR) is 79.8 cm³/mol. The number of hydrogen-bond acceptors (Lipinski definition) is 3. The summed E-state index contributed by atoms with van der Waals surface area (Å²) in [4.78, 5) is 0. The fourth-order valence-electron chi connectivity index (χ4n) is 2.11. The Labute approximate surface area is 118 Å². The van der Waals surface area contributed by atoms with Crippen LogP contribution in [0.5, 0.6) is 0 Å². The second kappa shape index (κ2) is 5.55. The molecule has 0 aliphatic heterocycles. The van der Waals surface area contributed by atoms with Gasteiger partial charge in [-0.2, -0.15) is 0 Å². The third kappa shape index (κ3) is 2.70. The molecule has 3 rings (SSSR count). The molecule has 1 unspecified atom stereocenters. The zero-order valence-electron chi connectivity index (χ0n) is 10.7. The number of fused-ring (bicyclic) bond motifs is 1. The van der Waals surface area contributed by atoms with Crippen molar-refractivity contribution in [2.45, 2.75) is 12.8 Å². The average Bonchev–Trinajstić information content (AvgIpc) is 2.94. The van der Waals surface area contributed by atoms with Crippen LogP contribution in [-0.4, -0.2) is 29.5 Å². The molecule has 0 saturated heterocycles. The fourth-order valence-corrected chi connectivity index (χ4v) is 3.26. The molecule has 0 radical (unpaired) electrons. The van der Waals surface area contributed by atoms with Crippen molar-refractivity contribution in [3.05, 3.63) is 54.1 Å². The fraction of sp³-hybridized carbons (Fsp3) is 0.200. The Balaban J connectivity index is 1.74. The van der Waals surface area contributed by atoms with Crippen LogP contribution in [0.4, 0.5) is 5.69 Å². The minimum atomic E-state index is 0.0329. The van der Waals surface area contributed by atoms with Gasteiger partial charge in [-0.1, -0.05) is 0 Å². The van der Waals surface area contributed by atoms with E-state index in [4.69, 9.17) is 0 Å². The minimum absolute atomic E-state index is 0.0329. The summed E-state index contributed by atoms with van der Waals surface area (Å²) in [5.41, 5.74) is 4.51. The molecule has 0 aliphatic rings. The first-order valence-electron chi connectivity index (χ1n) is 6.34. The van der Waals surface area contributed by atoms with Crippen molar-refractivity contribution in [3.8, 4) is 0 Å². The van der Waals surface area contributed by atoms with E-state index in [1.807, 2.05) is 12.1 Å². The van der Waals surface area contributed by atoms with Crippen LogP contribution in [0.1, 0.15) is 18.4 Å². The van der Waals surface area contributed by atoms with E-state index < -0.39 is 0 Å². The SMILES string of the molecule is CC(CNc1cccc2n[se]nc12)c1ccccc1. The van der Waals surface area contributed by atoms with Gasteiger partial charge < -0.3 is 0 Å². The third-order valence-corrected chi connectivity index (χ3v) is 4.39. The number of nitrogens with zero attached hydrogens (tertiary/aromatic N) is 2. The first-order valence-corrected chi connectivity index (χ1v) is 7.88. The standard InChI is InChI=1S/C15H15N3Se/c1-11(12-6-3-2-4-7-12)10-16-13-8-5-9-14-15(13)18-19-17-14/h2-9,11,16H,10H2,1H3. The van der Waals surface area contributed by atoms with Gasteiger partial charge in [0.05, 0.1) is 0 Å². The molecule has 0 amide bonds. The van der Waals surface area contributed by atoms with Crippen LogP contribution in [-0.2, 0) is 0 Å². The number of nitrogens with one attached hydrogen (secondary N) is 1. The Bertz CT molecular complexity index is 663. The van der Waals surface area contributed by atoms with E-state index in [-0.39, 0.29) is 15.0 Å². The predicted octanol–water partition coefficient (Wildman–Crippen LogP) is 2.90. The number of hydrogen-bond donors (Lipinski definition) is 1. The second-order valence-electron chi connectivity index (χ2n) is 4.63. The molecule has 3 aromatic rings. The summed E-state index contributed by atoms with van der Waals surface area (Å²) < 4.78 is 8.88. The molecule has 1 N–H and O–H groups in total. The molecule has 96 valence electrons. The Kier molecular flexibility index (Phi) is 3.62. The maximum atomic E-state index is 4.48. The van der Waals surface area contributed by atoms with Gasteiger partial charge in [-0.25, -0.2) is 0 Å².